The zero-order valence-corrected chi connectivity index (χ0v) is 17.8. The Morgan fingerprint density at radius 3 is 2.42 bits per heavy atom. The van der Waals surface area contributed by atoms with Crippen LogP contribution in [0.5, 0.6) is 11.8 Å². The first kappa shape index (κ1) is 20.6. The zero-order valence-electron chi connectivity index (χ0n) is 17.8. The molecule has 0 atom stereocenters. The standard InChI is InChI=1S/C22H25N5O4/c1-14-4-6-16(7-5-14)27-19(24-25-22(27)29)15-10-12-26(13-11-15)21(28)17-8-9-18(30-2)23-20(17)31-3/h4-9,15H,10-13H2,1-3H3,(H,25,29). The van der Waals surface area contributed by atoms with Crippen LogP contribution in [0.4, 0.5) is 0 Å². The molecule has 0 unspecified atom stereocenters. The lowest BCUT2D eigenvalue weighted by molar-refractivity contribution is 0.0706. The van der Waals surface area contributed by atoms with E-state index in [-0.39, 0.29) is 23.4 Å². The highest BCUT2D eigenvalue weighted by atomic mass is 16.5. The Morgan fingerprint density at radius 2 is 1.77 bits per heavy atom. The van der Waals surface area contributed by atoms with Crippen LogP contribution >= 0.6 is 0 Å². The first-order valence-corrected chi connectivity index (χ1v) is 10.1. The van der Waals surface area contributed by atoms with E-state index in [1.807, 2.05) is 31.2 Å². The van der Waals surface area contributed by atoms with E-state index in [9.17, 15) is 9.59 Å². The summed E-state index contributed by atoms with van der Waals surface area (Å²) >= 11 is 0. The Hall–Kier alpha value is -3.62. The van der Waals surface area contributed by atoms with E-state index in [0.717, 1.165) is 11.3 Å². The number of rotatable bonds is 5. The number of nitrogens with one attached hydrogen (secondary N) is 1. The van der Waals surface area contributed by atoms with Crippen LogP contribution in [0.25, 0.3) is 5.69 Å². The number of nitrogens with zero attached hydrogens (tertiary/aromatic N) is 4. The lowest BCUT2D eigenvalue weighted by Crippen LogP contribution is -2.38. The molecule has 1 fully saturated rings. The van der Waals surface area contributed by atoms with Gasteiger partial charge in [-0.3, -0.25) is 4.79 Å². The summed E-state index contributed by atoms with van der Waals surface area (Å²) in [6, 6.07) is 11.1. The molecule has 1 aromatic carbocycles. The van der Waals surface area contributed by atoms with Gasteiger partial charge in [0.25, 0.3) is 5.91 Å². The monoisotopic (exact) mass is 423 g/mol. The molecule has 9 nitrogen and oxygen atoms in total. The number of benzene rings is 1. The minimum Gasteiger partial charge on any atom is -0.481 e. The maximum Gasteiger partial charge on any atom is 0.347 e. The van der Waals surface area contributed by atoms with E-state index in [1.54, 1.807) is 21.6 Å². The van der Waals surface area contributed by atoms with Crippen molar-refractivity contribution in [3.05, 3.63) is 63.8 Å². The molecule has 9 heteroatoms. The van der Waals surface area contributed by atoms with E-state index in [4.69, 9.17) is 9.47 Å². The third kappa shape index (κ3) is 4.03. The van der Waals surface area contributed by atoms with Gasteiger partial charge in [0.05, 0.1) is 19.9 Å². The molecule has 0 radical (unpaired) electrons. The first-order valence-electron chi connectivity index (χ1n) is 10.1. The van der Waals surface area contributed by atoms with E-state index in [0.29, 0.717) is 43.2 Å². The van der Waals surface area contributed by atoms with E-state index < -0.39 is 0 Å². The van der Waals surface area contributed by atoms with Crippen molar-refractivity contribution in [2.24, 2.45) is 0 Å². The summed E-state index contributed by atoms with van der Waals surface area (Å²) in [4.78, 5) is 31.4. The van der Waals surface area contributed by atoms with Gasteiger partial charge in [-0.25, -0.2) is 14.5 Å². The number of ether oxygens (including phenoxy) is 2. The molecule has 31 heavy (non-hydrogen) atoms. The molecule has 2 aromatic heterocycles. The van der Waals surface area contributed by atoms with Crippen LogP contribution in [0.2, 0.25) is 0 Å². The Morgan fingerprint density at radius 1 is 1.06 bits per heavy atom. The van der Waals surface area contributed by atoms with Crippen molar-refractivity contribution in [2.75, 3.05) is 27.3 Å². The number of aryl methyl sites for hydroxylation is 1. The van der Waals surface area contributed by atoms with Crippen LogP contribution in [-0.2, 0) is 0 Å². The number of amides is 1. The fraction of sp³-hybridized carbons (Fsp3) is 0.364. The number of pyridine rings is 1. The number of carbonyl (C=O) groups excluding carboxylic acids is 1. The van der Waals surface area contributed by atoms with Crippen LogP contribution < -0.4 is 15.2 Å². The van der Waals surface area contributed by atoms with Crippen molar-refractivity contribution in [3.8, 4) is 17.4 Å². The fourth-order valence-electron chi connectivity index (χ4n) is 3.89. The van der Waals surface area contributed by atoms with Gasteiger partial charge in [-0.15, -0.1) is 0 Å². The van der Waals surface area contributed by atoms with Gasteiger partial charge in [-0.1, -0.05) is 17.7 Å². The zero-order chi connectivity index (χ0) is 22.0. The average molecular weight is 423 g/mol. The summed E-state index contributed by atoms with van der Waals surface area (Å²) in [7, 11) is 2.99. The molecule has 1 amide bonds. The molecule has 1 aliphatic rings. The minimum atomic E-state index is -0.258. The normalized spacial score (nSPS) is 14.5. The summed E-state index contributed by atoms with van der Waals surface area (Å²) < 4.78 is 12.0. The van der Waals surface area contributed by atoms with Gasteiger partial charge in [0.15, 0.2) is 0 Å². The summed E-state index contributed by atoms with van der Waals surface area (Å²) in [5, 5.41) is 6.86. The van der Waals surface area contributed by atoms with E-state index in [2.05, 4.69) is 15.2 Å². The second-order valence-electron chi connectivity index (χ2n) is 7.53. The molecular weight excluding hydrogens is 398 g/mol. The largest absolute Gasteiger partial charge is 0.481 e. The van der Waals surface area contributed by atoms with Crippen molar-refractivity contribution in [2.45, 2.75) is 25.7 Å². The lowest BCUT2D eigenvalue weighted by Gasteiger charge is -2.31. The van der Waals surface area contributed by atoms with Crippen molar-refractivity contribution in [1.29, 1.82) is 0 Å². The van der Waals surface area contributed by atoms with Crippen molar-refractivity contribution >= 4 is 5.91 Å². The lowest BCUT2D eigenvalue weighted by atomic mass is 9.95. The summed E-state index contributed by atoms with van der Waals surface area (Å²) in [6.07, 6.45) is 1.40. The topological polar surface area (TPSA) is 102 Å². The minimum absolute atomic E-state index is 0.0696. The predicted molar refractivity (Wildman–Crippen MR) is 114 cm³/mol. The smallest absolute Gasteiger partial charge is 0.347 e. The third-order valence-electron chi connectivity index (χ3n) is 5.61. The molecule has 3 heterocycles. The number of likely N-dealkylation sites (tertiary alicyclic amines) is 1. The number of piperidine rings is 1. The molecular formula is C22H25N5O4. The quantitative estimate of drug-likeness (QED) is 0.676. The van der Waals surface area contributed by atoms with Gasteiger partial charge in [-0.2, -0.15) is 10.1 Å². The molecule has 0 spiro atoms. The number of H-pyrrole nitrogens is 1. The van der Waals surface area contributed by atoms with Gasteiger partial charge >= 0.3 is 5.69 Å². The van der Waals surface area contributed by atoms with Gasteiger partial charge in [-0.05, 0) is 38.0 Å². The molecule has 0 bridgehead atoms. The molecule has 4 rings (SSSR count). The van der Waals surface area contributed by atoms with Gasteiger partial charge in [0, 0.05) is 25.1 Å². The number of aromatic nitrogens is 4. The van der Waals surface area contributed by atoms with E-state index >= 15 is 0 Å². The van der Waals surface area contributed by atoms with Gasteiger partial charge < -0.3 is 14.4 Å². The number of methoxy groups -OCH3 is 2. The molecule has 162 valence electrons. The van der Waals surface area contributed by atoms with Crippen LogP contribution in [0.15, 0.2) is 41.2 Å². The molecule has 0 saturated carbocycles. The second kappa shape index (κ2) is 8.63. The Kier molecular flexibility index (Phi) is 5.75. The number of aromatic amines is 1. The molecule has 1 N–H and O–H groups in total. The molecule has 0 aliphatic carbocycles. The van der Waals surface area contributed by atoms with Crippen LogP contribution in [0.1, 0.15) is 40.5 Å². The number of hydrogen-bond acceptors (Lipinski definition) is 6. The average Bonchev–Trinajstić information content (AvgIpc) is 3.20. The Labute approximate surface area is 179 Å². The summed E-state index contributed by atoms with van der Waals surface area (Å²) in [6.45, 7) is 3.10. The maximum atomic E-state index is 13.0. The highest BCUT2D eigenvalue weighted by Gasteiger charge is 2.30. The van der Waals surface area contributed by atoms with Gasteiger partial charge in [0.2, 0.25) is 11.8 Å². The van der Waals surface area contributed by atoms with Gasteiger partial charge in [0.1, 0.15) is 11.4 Å². The number of carbonyl (C=O) groups is 1. The first-order chi connectivity index (χ1) is 15.0. The van der Waals surface area contributed by atoms with Crippen molar-refractivity contribution in [1.82, 2.24) is 24.6 Å². The van der Waals surface area contributed by atoms with Crippen LogP contribution in [0, 0.1) is 6.92 Å². The summed E-state index contributed by atoms with van der Waals surface area (Å²) in [5.74, 6) is 1.26. The van der Waals surface area contributed by atoms with Crippen molar-refractivity contribution < 1.29 is 14.3 Å². The second-order valence-corrected chi connectivity index (χ2v) is 7.53. The van der Waals surface area contributed by atoms with E-state index in [1.165, 1.54) is 14.2 Å². The fourth-order valence-corrected chi connectivity index (χ4v) is 3.89. The Balaban J connectivity index is 1.51. The molecule has 3 aromatic rings. The number of hydrogen-bond donors (Lipinski definition) is 1. The predicted octanol–water partition coefficient (Wildman–Crippen LogP) is 2.30. The SMILES string of the molecule is COc1ccc(C(=O)N2CCC(c3n[nH]c(=O)n3-c3ccc(C)cc3)CC2)c(OC)n1. The Bertz CT molecular complexity index is 1130. The van der Waals surface area contributed by atoms with Crippen LogP contribution in [-0.4, -0.2) is 57.9 Å². The summed E-state index contributed by atoms with van der Waals surface area (Å²) in [5.41, 5.74) is 2.05. The van der Waals surface area contributed by atoms with Crippen LogP contribution in [0.3, 0.4) is 0 Å². The third-order valence-corrected chi connectivity index (χ3v) is 5.61. The molecule has 1 aliphatic heterocycles. The maximum absolute atomic E-state index is 13.0. The highest BCUT2D eigenvalue weighted by molar-refractivity contribution is 5.96. The highest BCUT2D eigenvalue weighted by Crippen LogP contribution is 2.29. The molecule has 1 saturated heterocycles. The van der Waals surface area contributed by atoms with Crippen molar-refractivity contribution in [3.63, 3.8) is 0 Å².